The highest BCUT2D eigenvalue weighted by Crippen LogP contribution is 2.02. The van der Waals surface area contributed by atoms with Gasteiger partial charge in [-0.3, -0.25) is 10.1 Å². The Morgan fingerprint density at radius 2 is 2.67 bits per heavy atom. The average molecular weight is 186 g/mol. The highest BCUT2D eigenvalue weighted by Gasteiger charge is 2.09. The van der Waals surface area contributed by atoms with Gasteiger partial charge in [-0.2, -0.15) is 0 Å². The van der Waals surface area contributed by atoms with E-state index in [9.17, 15) is 4.79 Å². The number of rotatable bonds is 4. The summed E-state index contributed by atoms with van der Waals surface area (Å²) in [6.45, 7) is 2.13. The van der Waals surface area contributed by atoms with E-state index in [4.69, 9.17) is 5.11 Å². The fourth-order valence-electron chi connectivity index (χ4n) is 0.668. The van der Waals surface area contributed by atoms with Crippen LogP contribution in [0.4, 0.5) is 0 Å². The van der Waals surface area contributed by atoms with Crippen molar-refractivity contribution in [1.82, 2.24) is 10.3 Å². The number of carbonyl (C=O) groups is 1. The molecular weight excluding hydrogens is 176 g/mol. The molecule has 0 amide bonds. The standard InChI is InChI=1S/C7H10N2O2S/c1-5(7(10)11)9-4-6-8-2-3-12-6/h2-3,5,9H,4H2,1H3,(H,10,11)/t5-/m1/s1. The van der Waals surface area contributed by atoms with Gasteiger partial charge in [-0.25, -0.2) is 4.98 Å². The molecule has 1 heterocycles. The predicted octanol–water partition coefficient (Wildman–Crippen LogP) is 0.706. The van der Waals surface area contributed by atoms with Gasteiger partial charge in [-0.05, 0) is 6.92 Å². The van der Waals surface area contributed by atoms with Crippen molar-refractivity contribution in [2.75, 3.05) is 0 Å². The van der Waals surface area contributed by atoms with Crippen LogP contribution in [-0.4, -0.2) is 22.1 Å². The summed E-state index contributed by atoms with van der Waals surface area (Å²) in [5, 5.41) is 14.1. The molecule has 2 N–H and O–H groups in total. The Bertz CT molecular complexity index is 248. The molecule has 0 radical (unpaired) electrons. The molecule has 0 spiro atoms. The van der Waals surface area contributed by atoms with E-state index in [1.54, 1.807) is 13.1 Å². The van der Waals surface area contributed by atoms with E-state index < -0.39 is 12.0 Å². The second-order valence-electron chi connectivity index (χ2n) is 2.37. The monoisotopic (exact) mass is 186 g/mol. The Balaban J connectivity index is 2.31. The Kier molecular flexibility index (Phi) is 3.19. The van der Waals surface area contributed by atoms with Gasteiger partial charge in [0.15, 0.2) is 0 Å². The van der Waals surface area contributed by atoms with E-state index in [-0.39, 0.29) is 0 Å². The molecule has 1 aromatic rings. The summed E-state index contributed by atoms with van der Waals surface area (Å²) >= 11 is 1.51. The van der Waals surface area contributed by atoms with Crippen molar-refractivity contribution in [3.8, 4) is 0 Å². The summed E-state index contributed by atoms with van der Waals surface area (Å²) in [5.41, 5.74) is 0. The van der Waals surface area contributed by atoms with Crippen LogP contribution in [0.1, 0.15) is 11.9 Å². The second kappa shape index (κ2) is 4.18. The molecule has 4 nitrogen and oxygen atoms in total. The van der Waals surface area contributed by atoms with E-state index in [0.717, 1.165) is 5.01 Å². The van der Waals surface area contributed by atoms with Gasteiger partial charge in [-0.15, -0.1) is 11.3 Å². The van der Waals surface area contributed by atoms with E-state index in [0.29, 0.717) is 6.54 Å². The van der Waals surface area contributed by atoms with Crippen molar-refractivity contribution in [2.45, 2.75) is 19.5 Å². The number of hydrogen-bond acceptors (Lipinski definition) is 4. The first-order chi connectivity index (χ1) is 5.70. The van der Waals surface area contributed by atoms with Crippen molar-refractivity contribution in [1.29, 1.82) is 0 Å². The molecule has 0 aliphatic carbocycles. The lowest BCUT2D eigenvalue weighted by Gasteiger charge is -2.05. The SMILES string of the molecule is C[C@@H](NCc1nccs1)C(=O)O. The van der Waals surface area contributed by atoms with Crippen molar-refractivity contribution < 1.29 is 9.90 Å². The summed E-state index contributed by atoms with van der Waals surface area (Å²) in [6, 6.07) is -0.520. The average Bonchev–Trinajstić information content (AvgIpc) is 2.51. The van der Waals surface area contributed by atoms with E-state index in [2.05, 4.69) is 10.3 Å². The highest BCUT2D eigenvalue weighted by atomic mass is 32.1. The van der Waals surface area contributed by atoms with Crippen molar-refractivity contribution in [2.24, 2.45) is 0 Å². The number of nitrogens with one attached hydrogen (secondary N) is 1. The lowest BCUT2D eigenvalue weighted by molar-refractivity contribution is -0.139. The van der Waals surface area contributed by atoms with Gasteiger partial charge < -0.3 is 5.11 Å². The second-order valence-corrected chi connectivity index (χ2v) is 3.35. The van der Waals surface area contributed by atoms with Crippen molar-refractivity contribution in [3.05, 3.63) is 16.6 Å². The van der Waals surface area contributed by atoms with Crippen LogP contribution in [0.5, 0.6) is 0 Å². The van der Waals surface area contributed by atoms with Gasteiger partial charge >= 0.3 is 5.97 Å². The van der Waals surface area contributed by atoms with Crippen molar-refractivity contribution >= 4 is 17.3 Å². The molecule has 66 valence electrons. The molecular formula is C7H10N2O2S. The minimum atomic E-state index is -0.841. The molecule has 0 fully saturated rings. The third-order valence-corrected chi connectivity index (χ3v) is 2.19. The Morgan fingerprint density at radius 3 is 3.17 bits per heavy atom. The van der Waals surface area contributed by atoms with Gasteiger partial charge in [0.2, 0.25) is 0 Å². The predicted molar refractivity (Wildman–Crippen MR) is 46.1 cm³/mol. The quantitative estimate of drug-likeness (QED) is 0.726. The molecule has 5 heteroatoms. The fraction of sp³-hybridized carbons (Fsp3) is 0.429. The highest BCUT2D eigenvalue weighted by molar-refractivity contribution is 7.09. The summed E-state index contributed by atoms with van der Waals surface area (Å²) in [4.78, 5) is 14.4. The largest absolute Gasteiger partial charge is 0.480 e. The van der Waals surface area contributed by atoms with Gasteiger partial charge in [-0.1, -0.05) is 0 Å². The van der Waals surface area contributed by atoms with Crippen LogP contribution in [-0.2, 0) is 11.3 Å². The van der Waals surface area contributed by atoms with Crippen LogP contribution in [0, 0.1) is 0 Å². The van der Waals surface area contributed by atoms with Gasteiger partial charge in [0.25, 0.3) is 0 Å². The molecule has 12 heavy (non-hydrogen) atoms. The van der Waals surface area contributed by atoms with E-state index in [1.807, 2.05) is 5.38 Å². The van der Waals surface area contributed by atoms with Crippen LogP contribution in [0.3, 0.4) is 0 Å². The third kappa shape index (κ3) is 2.60. The first-order valence-electron chi connectivity index (χ1n) is 3.54. The molecule has 1 rings (SSSR count). The van der Waals surface area contributed by atoms with E-state index >= 15 is 0 Å². The number of thiazole rings is 1. The summed E-state index contributed by atoms with van der Waals surface area (Å²) < 4.78 is 0. The number of aliphatic carboxylic acids is 1. The summed E-state index contributed by atoms with van der Waals surface area (Å²) in [5.74, 6) is -0.841. The molecule has 0 saturated carbocycles. The minimum Gasteiger partial charge on any atom is -0.480 e. The molecule has 0 aliphatic heterocycles. The number of carboxylic acids is 1. The normalized spacial score (nSPS) is 12.8. The first-order valence-corrected chi connectivity index (χ1v) is 4.42. The minimum absolute atomic E-state index is 0.519. The molecule has 0 bridgehead atoms. The smallest absolute Gasteiger partial charge is 0.320 e. The zero-order chi connectivity index (χ0) is 8.97. The summed E-state index contributed by atoms with van der Waals surface area (Å²) in [6.07, 6.45) is 1.70. The molecule has 0 saturated heterocycles. The van der Waals surface area contributed by atoms with Gasteiger partial charge in [0.05, 0.1) is 0 Å². The maximum absolute atomic E-state index is 10.4. The topological polar surface area (TPSA) is 62.2 Å². The Hall–Kier alpha value is -0.940. The van der Waals surface area contributed by atoms with Crippen LogP contribution >= 0.6 is 11.3 Å². The number of hydrogen-bond donors (Lipinski definition) is 2. The van der Waals surface area contributed by atoms with Gasteiger partial charge in [0.1, 0.15) is 11.0 Å². The maximum Gasteiger partial charge on any atom is 0.320 e. The van der Waals surface area contributed by atoms with Crippen molar-refractivity contribution in [3.63, 3.8) is 0 Å². The molecule has 1 aromatic heterocycles. The first kappa shape index (κ1) is 9.15. The molecule has 0 unspecified atom stereocenters. The lowest BCUT2D eigenvalue weighted by atomic mass is 10.3. The Morgan fingerprint density at radius 1 is 1.92 bits per heavy atom. The number of carboxylic acid groups (broad SMARTS) is 1. The third-order valence-electron chi connectivity index (χ3n) is 1.41. The Labute approximate surface area is 74.3 Å². The summed E-state index contributed by atoms with van der Waals surface area (Å²) in [7, 11) is 0. The van der Waals surface area contributed by atoms with Gasteiger partial charge in [0, 0.05) is 18.1 Å². The number of aromatic nitrogens is 1. The lowest BCUT2D eigenvalue weighted by Crippen LogP contribution is -2.32. The van der Waals surface area contributed by atoms with Crippen LogP contribution < -0.4 is 5.32 Å². The van der Waals surface area contributed by atoms with Crippen LogP contribution in [0.2, 0.25) is 0 Å². The molecule has 0 aromatic carbocycles. The maximum atomic E-state index is 10.4. The fourth-order valence-corrected chi connectivity index (χ4v) is 1.24. The molecule has 0 aliphatic rings. The van der Waals surface area contributed by atoms with Crippen LogP contribution in [0.25, 0.3) is 0 Å². The molecule has 1 atom stereocenters. The van der Waals surface area contributed by atoms with E-state index in [1.165, 1.54) is 11.3 Å². The van der Waals surface area contributed by atoms with Crippen LogP contribution in [0.15, 0.2) is 11.6 Å². The zero-order valence-electron chi connectivity index (χ0n) is 6.65. The number of nitrogens with zero attached hydrogens (tertiary/aromatic N) is 1. The zero-order valence-corrected chi connectivity index (χ0v) is 7.47.